The molecule has 0 atom stereocenters. The van der Waals surface area contributed by atoms with Crippen LogP contribution in [0.2, 0.25) is 0 Å². The van der Waals surface area contributed by atoms with Crippen molar-refractivity contribution in [2.45, 2.75) is 33.1 Å². The quantitative estimate of drug-likeness (QED) is 0.417. The van der Waals surface area contributed by atoms with Crippen LogP contribution in [0.3, 0.4) is 0 Å². The van der Waals surface area contributed by atoms with E-state index in [2.05, 4.69) is 25.8 Å². The molecule has 0 bridgehead atoms. The summed E-state index contributed by atoms with van der Waals surface area (Å²) in [5.41, 5.74) is 4.35. The van der Waals surface area contributed by atoms with Crippen molar-refractivity contribution >= 4 is 11.7 Å². The van der Waals surface area contributed by atoms with E-state index in [1.165, 1.54) is 5.56 Å². The van der Waals surface area contributed by atoms with E-state index < -0.39 is 0 Å². The van der Waals surface area contributed by atoms with E-state index in [-0.39, 0.29) is 11.9 Å². The number of anilines is 1. The standard InChI is InChI=1S/C24H25N5O3/c1-15(2)21-28-23(32-29-21)18-8-10-19(11-9-18)27-24(30)25-13-12-20-14-31-22(26-20)17-6-4-16(3)5-7-17/h4-11,14-15H,12-13H2,1-3H3,(H2,25,27,30). The highest BCUT2D eigenvalue weighted by atomic mass is 16.5. The summed E-state index contributed by atoms with van der Waals surface area (Å²) in [5, 5.41) is 9.60. The van der Waals surface area contributed by atoms with Crippen LogP contribution in [-0.4, -0.2) is 27.7 Å². The van der Waals surface area contributed by atoms with Gasteiger partial charge in [0.15, 0.2) is 5.82 Å². The lowest BCUT2D eigenvalue weighted by molar-refractivity contribution is 0.252. The van der Waals surface area contributed by atoms with Gasteiger partial charge in [-0.25, -0.2) is 9.78 Å². The zero-order valence-electron chi connectivity index (χ0n) is 18.3. The smallest absolute Gasteiger partial charge is 0.319 e. The number of nitrogens with one attached hydrogen (secondary N) is 2. The molecule has 2 N–H and O–H groups in total. The minimum Gasteiger partial charge on any atom is -0.444 e. The molecule has 0 fully saturated rings. The van der Waals surface area contributed by atoms with Crippen molar-refractivity contribution in [2.24, 2.45) is 0 Å². The molecule has 0 saturated heterocycles. The van der Waals surface area contributed by atoms with Gasteiger partial charge in [0.05, 0.1) is 5.69 Å². The van der Waals surface area contributed by atoms with Crippen molar-refractivity contribution in [3.8, 4) is 22.9 Å². The Balaban J connectivity index is 1.26. The second-order valence-corrected chi connectivity index (χ2v) is 7.83. The van der Waals surface area contributed by atoms with Gasteiger partial charge in [0.2, 0.25) is 5.89 Å². The van der Waals surface area contributed by atoms with Gasteiger partial charge in [0.25, 0.3) is 5.89 Å². The van der Waals surface area contributed by atoms with Crippen LogP contribution in [0.4, 0.5) is 10.5 Å². The van der Waals surface area contributed by atoms with Crippen LogP contribution in [0.5, 0.6) is 0 Å². The van der Waals surface area contributed by atoms with E-state index >= 15 is 0 Å². The van der Waals surface area contributed by atoms with Crippen LogP contribution in [-0.2, 0) is 6.42 Å². The second-order valence-electron chi connectivity index (χ2n) is 7.83. The molecule has 0 radical (unpaired) electrons. The first kappa shape index (κ1) is 21.3. The zero-order chi connectivity index (χ0) is 22.5. The van der Waals surface area contributed by atoms with Gasteiger partial charge in [-0.3, -0.25) is 0 Å². The average Bonchev–Trinajstić information content (AvgIpc) is 3.45. The van der Waals surface area contributed by atoms with Crippen LogP contribution >= 0.6 is 0 Å². The molecule has 2 aromatic carbocycles. The van der Waals surface area contributed by atoms with Crippen LogP contribution in [0.15, 0.2) is 63.7 Å². The Labute approximate surface area is 186 Å². The topological polar surface area (TPSA) is 106 Å². The van der Waals surface area contributed by atoms with Crippen molar-refractivity contribution in [3.05, 3.63) is 71.9 Å². The fraction of sp³-hybridized carbons (Fsp3) is 0.250. The number of nitrogens with zero attached hydrogens (tertiary/aromatic N) is 3. The third-order valence-corrected chi connectivity index (χ3v) is 4.86. The van der Waals surface area contributed by atoms with Gasteiger partial charge in [0, 0.05) is 35.7 Å². The van der Waals surface area contributed by atoms with Crippen molar-refractivity contribution in [1.29, 1.82) is 0 Å². The number of oxazole rings is 1. The first-order valence-corrected chi connectivity index (χ1v) is 10.5. The number of benzene rings is 2. The Morgan fingerprint density at radius 3 is 2.34 bits per heavy atom. The molecule has 2 aromatic heterocycles. The van der Waals surface area contributed by atoms with Gasteiger partial charge in [-0.1, -0.05) is 36.7 Å². The van der Waals surface area contributed by atoms with Gasteiger partial charge in [-0.2, -0.15) is 4.98 Å². The predicted octanol–water partition coefficient (Wildman–Crippen LogP) is 5.19. The van der Waals surface area contributed by atoms with E-state index in [1.807, 2.05) is 57.2 Å². The fourth-order valence-electron chi connectivity index (χ4n) is 3.01. The lowest BCUT2D eigenvalue weighted by Crippen LogP contribution is -2.30. The summed E-state index contributed by atoms with van der Waals surface area (Å²) in [7, 11) is 0. The Morgan fingerprint density at radius 2 is 1.66 bits per heavy atom. The third kappa shape index (κ3) is 5.21. The molecule has 4 rings (SSSR count). The Morgan fingerprint density at radius 1 is 0.969 bits per heavy atom. The fourth-order valence-corrected chi connectivity index (χ4v) is 3.01. The molecule has 0 spiro atoms. The highest BCUT2D eigenvalue weighted by Crippen LogP contribution is 2.22. The average molecular weight is 431 g/mol. The van der Waals surface area contributed by atoms with Gasteiger partial charge in [-0.15, -0.1) is 0 Å². The summed E-state index contributed by atoms with van der Waals surface area (Å²) in [6.45, 7) is 6.48. The van der Waals surface area contributed by atoms with Crippen molar-refractivity contribution in [1.82, 2.24) is 20.4 Å². The normalized spacial score (nSPS) is 11.0. The van der Waals surface area contributed by atoms with E-state index in [0.717, 1.165) is 16.8 Å². The van der Waals surface area contributed by atoms with Crippen molar-refractivity contribution in [3.63, 3.8) is 0 Å². The maximum Gasteiger partial charge on any atom is 0.319 e. The molecule has 4 aromatic rings. The monoisotopic (exact) mass is 431 g/mol. The van der Waals surface area contributed by atoms with Gasteiger partial charge >= 0.3 is 6.03 Å². The SMILES string of the molecule is Cc1ccc(-c2nc(CCNC(=O)Nc3ccc(-c4nc(C(C)C)no4)cc3)co2)cc1. The van der Waals surface area contributed by atoms with Crippen LogP contribution in [0, 0.1) is 6.92 Å². The molecule has 0 aliphatic heterocycles. The number of aryl methyl sites for hydroxylation is 1. The van der Waals surface area contributed by atoms with Gasteiger partial charge < -0.3 is 19.6 Å². The first-order valence-electron chi connectivity index (χ1n) is 10.5. The largest absolute Gasteiger partial charge is 0.444 e. The number of rotatable bonds is 7. The minimum absolute atomic E-state index is 0.198. The van der Waals surface area contributed by atoms with Crippen LogP contribution in [0.25, 0.3) is 22.9 Å². The number of hydrogen-bond acceptors (Lipinski definition) is 6. The molecule has 2 heterocycles. The molecule has 0 aliphatic rings. The summed E-state index contributed by atoms with van der Waals surface area (Å²) in [5.74, 6) is 1.90. The maximum atomic E-state index is 12.2. The second kappa shape index (κ2) is 9.47. The number of carbonyl (C=O) groups is 1. The Hall–Kier alpha value is -3.94. The molecule has 8 heteroatoms. The Bertz CT molecular complexity index is 1180. The van der Waals surface area contributed by atoms with E-state index in [1.54, 1.807) is 18.4 Å². The summed E-state index contributed by atoms with van der Waals surface area (Å²) >= 11 is 0. The highest BCUT2D eigenvalue weighted by molar-refractivity contribution is 5.89. The molecule has 0 aliphatic carbocycles. The molecular formula is C24H25N5O3. The Kier molecular flexibility index (Phi) is 6.30. The zero-order valence-corrected chi connectivity index (χ0v) is 18.3. The lowest BCUT2D eigenvalue weighted by Gasteiger charge is -2.07. The van der Waals surface area contributed by atoms with E-state index in [9.17, 15) is 4.79 Å². The number of amides is 2. The van der Waals surface area contributed by atoms with Gasteiger partial charge in [-0.05, 0) is 43.3 Å². The molecule has 2 amide bonds. The van der Waals surface area contributed by atoms with E-state index in [0.29, 0.717) is 36.3 Å². The lowest BCUT2D eigenvalue weighted by atomic mass is 10.1. The number of urea groups is 1. The molecule has 8 nitrogen and oxygen atoms in total. The number of aromatic nitrogens is 3. The van der Waals surface area contributed by atoms with Crippen LogP contribution < -0.4 is 10.6 Å². The molecule has 0 unspecified atom stereocenters. The highest BCUT2D eigenvalue weighted by Gasteiger charge is 2.12. The van der Waals surface area contributed by atoms with E-state index in [4.69, 9.17) is 8.94 Å². The summed E-state index contributed by atoms with van der Waals surface area (Å²) in [6.07, 6.45) is 2.19. The third-order valence-electron chi connectivity index (χ3n) is 4.86. The molecule has 0 saturated carbocycles. The summed E-state index contributed by atoms with van der Waals surface area (Å²) in [6, 6.07) is 14.9. The molecule has 32 heavy (non-hydrogen) atoms. The predicted molar refractivity (Wildman–Crippen MR) is 121 cm³/mol. The van der Waals surface area contributed by atoms with Gasteiger partial charge in [0.1, 0.15) is 6.26 Å². The number of carbonyl (C=O) groups excluding carboxylic acids is 1. The number of hydrogen-bond donors (Lipinski definition) is 2. The first-order chi connectivity index (χ1) is 15.5. The van der Waals surface area contributed by atoms with Crippen LogP contribution in [0.1, 0.15) is 36.8 Å². The van der Waals surface area contributed by atoms with Crippen molar-refractivity contribution < 1.29 is 13.7 Å². The minimum atomic E-state index is -0.292. The molecular weight excluding hydrogens is 406 g/mol. The molecule has 164 valence electrons. The summed E-state index contributed by atoms with van der Waals surface area (Å²) < 4.78 is 10.8. The maximum absolute atomic E-state index is 12.2. The summed E-state index contributed by atoms with van der Waals surface area (Å²) in [4.78, 5) is 21.0. The van der Waals surface area contributed by atoms with Crippen molar-refractivity contribution in [2.75, 3.05) is 11.9 Å².